The summed E-state index contributed by atoms with van der Waals surface area (Å²) >= 11 is 17.7. The standard InChI is InChI=1S/4C22H43NO2S.4Na/c4*1-2-3-4-5-6-7-8-9-10-11-12-13-14-15-16-17-20-23-21(24)18-19-22(25)26;;;;/h4*2-20H2,1H3,(H,23,24)(H,25,26);;;;/q;;;;4*+1/p-4. The minimum absolute atomic E-state index is 0. The van der Waals surface area contributed by atoms with Crippen LogP contribution in [-0.2, 0) is 88.9 Å². The van der Waals surface area contributed by atoms with Gasteiger partial charge in [-0.25, -0.2) is 0 Å². The number of carbonyl (C=O) groups is 8. The largest absolute Gasteiger partial charge is 1.00 e. The molecule has 0 aliphatic heterocycles. The van der Waals surface area contributed by atoms with Crippen LogP contribution in [0.4, 0.5) is 0 Å². The van der Waals surface area contributed by atoms with Crippen LogP contribution in [0.15, 0.2) is 0 Å². The van der Waals surface area contributed by atoms with E-state index in [-0.39, 0.29) is 214 Å². The first-order chi connectivity index (χ1) is 50.7. The second-order valence-electron chi connectivity index (χ2n) is 30.1. The summed E-state index contributed by atoms with van der Waals surface area (Å²) in [6.07, 6.45) is 88.3. The molecule has 0 aromatic carbocycles. The minimum Gasteiger partial charge on any atom is -0.742 e. The smallest absolute Gasteiger partial charge is 0.742 e. The molecule has 0 aromatic heterocycles. The number of carbonyl (C=O) groups excluding carboxylic acids is 8. The third kappa shape index (κ3) is 128. The van der Waals surface area contributed by atoms with E-state index in [2.05, 4.69) is 99.5 Å². The van der Waals surface area contributed by atoms with Crippen LogP contribution in [0, 0.1) is 0 Å². The Balaban J connectivity index is -0.000000203. The second kappa shape index (κ2) is 113. The van der Waals surface area contributed by atoms with Gasteiger partial charge in [0, 0.05) is 72.3 Å². The predicted octanol–water partition coefficient (Wildman–Crippen LogP) is 12.9. The van der Waals surface area contributed by atoms with Crippen molar-refractivity contribution in [1.29, 1.82) is 0 Å². The van der Waals surface area contributed by atoms with E-state index in [0.29, 0.717) is 0 Å². The van der Waals surface area contributed by atoms with Gasteiger partial charge in [0.05, 0.1) is 0 Å². The van der Waals surface area contributed by atoms with Crippen molar-refractivity contribution in [2.75, 3.05) is 26.2 Å². The van der Waals surface area contributed by atoms with Crippen molar-refractivity contribution in [3.05, 3.63) is 0 Å². The Morgan fingerprint density at radius 1 is 0.157 bits per heavy atom. The molecular formula is C88H168N4Na4O8S4. The Morgan fingerprint density at radius 2 is 0.250 bits per heavy atom. The van der Waals surface area contributed by atoms with E-state index >= 15 is 0 Å². The maximum absolute atomic E-state index is 11.4. The zero-order valence-electron chi connectivity index (χ0n) is 72.6. The van der Waals surface area contributed by atoms with Crippen molar-refractivity contribution < 1.29 is 157 Å². The maximum Gasteiger partial charge on any atom is 1.00 e. The van der Waals surface area contributed by atoms with Gasteiger partial charge in [-0.05, 0) is 51.4 Å². The maximum atomic E-state index is 11.4. The molecule has 4 N–H and O–H groups in total. The molecule has 0 fully saturated rings. The third-order valence-electron chi connectivity index (χ3n) is 19.6. The van der Waals surface area contributed by atoms with E-state index in [0.717, 1.165) is 51.9 Å². The van der Waals surface area contributed by atoms with E-state index in [1.54, 1.807) is 0 Å². The molecule has 0 bridgehead atoms. The number of hydrogen-bond donors (Lipinski definition) is 4. The van der Waals surface area contributed by atoms with Crippen molar-refractivity contribution >= 4 is 94.6 Å². The fraction of sp³-hybridized carbons (Fsp3) is 0.909. The molecule has 12 nitrogen and oxygen atoms in total. The van der Waals surface area contributed by atoms with Gasteiger partial charge in [-0.2, -0.15) is 0 Å². The summed E-state index contributed by atoms with van der Waals surface area (Å²) in [4.78, 5) is 88.1. The van der Waals surface area contributed by atoms with Crippen molar-refractivity contribution in [2.45, 2.75) is 490 Å². The molecule has 0 saturated carbocycles. The SMILES string of the molecule is CCCCCCCCCCCCCCCCCCNC(=O)CCC(=O)[S-].CCCCCCCCCCCCCCCCCCNC(=O)CCC(=O)[S-].CCCCCCCCCCCCCCCCCCNC(=O)CCC(=O)[S-].CCCCCCCCCCCCCCCCCCNC(=O)CCC(=O)[S-].[Na+].[Na+].[Na+].[Na+]. The van der Waals surface area contributed by atoms with Gasteiger partial charge >= 0.3 is 118 Å². The normalized spacial score (nSPS) is 10.4. The predicted molar refractivity (Wildman–Crippen MR) is 457 cm³/mol. The van der Waals surface area contributed by atoms with Crippen LogP contribution in [0.3, 0.4) is 0 Å². The quantitative estimate of drug-likeness (QED) is 0.0257. The van der Waals surface area contributed by atoms with Crippen LogP contribution in [0.25, 0.3) is 0 Å². The van der Waals surface area contributed by atoms with Gasteiger partial charge in [0.15, 0.2) is 0 Å². The zero-order valence-corrected chi connectivity index (χ0v) is 83.9. The van der Waals surface area contributed by atoms with Crippen LogP contribution >= 0.6 is 0 Å². The van der Waals surface area contributed by atoms with Crippen molar-refractivity contribution in [3.63, 3.8) is 0 Å². The van der Waals surface area contributed by atoms with E-state index in [4.69, 9.17) is 0 Å². The molecule has 20 heteroatoms. The summed E-state index contributed by atoms with van der Waals surface area (Å²) < 4.78 is 0. The van der Waals surface area contributed by atoms with Gasteiger partial charge in [0.25, 0.3) is 0 Å². The van der Waals surface area contributed by atoms with Crippen LogP contribution in [0.2, 0.25) is 0 Å². The fourth-order valence-corrected chi connectivity index (χ4v) is 13.2. The Bertz CT molecular complexity index is 1620. The molecule has 0 radical (unpaired) electrons. The Kier molecular flexibility index (Phi) is 130. The molecule has 0 saturated heterocycles. The fourth-order valence-electron chi connectivity index (χ4n) is 12.8. The molecule has 108 heavy (non-hydrogen) atoms. The van der Waals surface area contributed by atoms with Gasteiger partial charge in [-0.15, -0.1) is 0 Å². The van der Waals surface area contributed by atoms with Crippen molar-refractivity contribution in [2.24, 2.45) is 0 Å². The second-order valence-corrected chi connectivity index (χ2v) is 31.9. The third-order valence-corrected chi connectivity index (χ3v) is 20.5. The average Bonchev–Trinajstić information content (AvgIpc) is 1.30. The molecule has 0 rings (SSSR count). The van der Waals surface area contributed by atoms with Crippen LogP contribution in [0.5, 0.6) is 0 Å². The van der Waals surface area contributed by atoms with Crippen LogP contribution in [0.1, 0.15) is 490 Å². The first-order valence-corrected chi connectivity index (χ1v) is 46.2. The monoisotopic (exact) mass is 1630 g/mol. The van der Waals surface area contributed by atoms with Gasteiger partial charge in [0.2, 0.25) is 23.6 Å². The molecule has 0 aliphatic carbocycles. The number of unbranched alkanes of at least 4 members (excludes halogenated alkanes) is 60. The Morgan fingerprint density at radius 3 is 0.343 bits per heavy atom. The van der Waals surface area contributed by atoms with Crippen LogP contribution in [-0.4, -0.2) is 70.3 Å². The topological polar surface area (TPSA) is 185 Å². The van der Waals surface area contributed by atoms with Gasteiger partial charge in [-0.1, -0.05) is 413 Å². The summed E-state index contributed by atoms with van der Waals surface area (Å²) in [5.74, 6) is -0.207. The Hall–Kier alpha value is 1.44. The summed E-state index contributed by atoms with van der Waals surface area (Å²) in [5, 5.41) is 10.1. The number of hydrogen-bond acceptors (Lipinski definition) is 12. The Labute approximate surface area is 779 Å². The summed E-state index contributed by atoms with van der Waals surface area (Å²) in [6.45, 7) is 12.0. The average molecular weight is 1630 g/mol. The summed E-state index contributed by atoms with van der Waals surface area (Å²) in [7, 11) is 0. The minimum atomic E-state index is -0.331. The van der Waals surface area contributed by atoms with E-state index in [1.807, 2.05) is 0 Å². The molecule has 0 aromatic rings. The first kappa shape index (κ1) is 125. The van der Waals surface area contributed by atoms with Crippen molar-refractivity contribution in [3.8, 4) is 0 Å². The number of rotatable bonds is 80. The molecule has 0 heterocycles. The molecule has 4 amide bonds. The summed E-state index contributed by atoms with van der Waals surface area (Å²) in [5.41, 5.74) is 0. The molecule has 0 aliphatic rings. The number of nitrogens with one attached hydrogen (secondary N) is 4. The molecule has 616 valence electrons. The number of amides is 4. The van der Waals surface area contributed by atoms with E-state index < -0.39 is 0 Å². The summed E-state index contributed by atoms with van der Waals surface area (Å²) in [6, 6.07) is 0. The molecule has 0 atom stereocenters. The van der Waals surface area contributed by atoms with Crippen LogP contribution < -0.4 is 139 Å². The van der Waals surface area contributed by atoms with Crippen molar-refractivity contribution in [1.82, 2.24) is 21.3 Å². The zero-order chi connectivity index (χ0) is 77.2. The van der Waals surface area contributed by atoms with Gasteiger partial charge in [0.1, 0.15) is 0 Å². The van der Waals surface area contributed by atoms with Gasteiger partial charge < -0.3 is 91.0 Å². The molecule has 0 unspecified atom stereocenters. The molecule has 0 spiro atoms. The van der Waals surface area contributed by atoms with Gasteiger partial charge in [-0.3, -0.25) is 19.2 Å². The molecular weight excluding hydrogens is 1460 g/mol. The van der Waals surface area contributed by atoms with E-state index in [1.165, 1.54) is 385 Å². The van der Waals surface area contributed by atoms with E-state index in [9.17, 15) is 38.4 Å². The first-order valence-electron chi connectivity index (χ1n) is 44.5.